The smallest absolute Gasteiger partial charge is 0.0945 e. The first-order chi connectivity index (χ1) is 14.3. The van der Waals surface area contributed by atoms with E-state index in [9.17, 15) is 0 Å². The molecule has 0 aromatic carbocycles. The van der Waals surface area contributed by atoms with Gasteiger partial charge in [-0.05, 0) is 77.4 Å². The lowest BCUT2D eigenvalue weighted by Gasteiger charge is -2.32. The van der Waals surface area contributed by atoms with Crippen molar-refractivity contribution < 1.29 is 0 Å². The number of likely N-dealkylation sites (tertiary alicyclic amines) is 1. The number of piperidine rings is 2. The molecule has 0 radical (unpaired) electrons. The highest BCUT2D eigenvalue weighted by Crippen LogP contribution is 2.22. The molecule has 4 heteroatoms. The van der Waals surface area contributed by atoms with Crippen LogP contribution in [0.2, 0.25) is 0 Å². The molecule has 3 aliphatic rings. The Morgan fingerprint density at radius 2 is 1.83 bits per heavy atom. The van der Waals surface area contributed by atoms with Gasteiger partial charge in [-0.3, -0.25) is 0 Å². The van der Waals surface area contributed by atoms with Crippen molar-refractivity contribution in [3.8, 4) is 0 Å². The zero-order valence-electron chi connectivity index (χ0n) is 18.5. The lowest BCUT2D eigenvalue weighted by Crippen LogP contribution is -2.36. The lowest BCUT2D eigenvalue weighted by atomic mass is 9.95. The third kappa shape index (κ3) is 8.47. The summed E-state index contributed by atoms with van der Waals surface area (Å²) < 4.78 is 2.16. The summed E-state index contributed by atoms with van der Waals surface area (Å²) in [4.78, 5) is 6.59. The molecule has 1 aromatic rings. The topological polar surface area (TPSA) is 33.1 Å². The summed E-state index contributed by atoms with van der Waals surface area (Å²) in [5.41, 5.74) is 0. The van der Waals surface area contributed by atoms with Crippen molar-refractivity contribution in [3.63, 3.8) is 0 Å². The monoisotopic (exact) mass is 398 g/mol. The Kier molecular flexibility index (Phi) is 10.0. The van der Waals surface area contributed by atoms with E-state index in [-0.39, 0.29) is 0 Å². The summed E-state index contributed by atoms with van der Waals surface area (Å²) in [6.07, 6.45) is 29.9. The van der Waals surface area contributed by atoms with Crippen LogP contribution in [0.15, 0.2) is 43.0 Å². The van der Waals surface area contributed by atoms with Gasteiger partial charge >= 0.3 is 0 Å². The quantitative estimate of drug-likeness (QED) is 0.654. The minimum Gasteiger partial charge on any atom is -0.337 e. The minimum atomic E-state index is 0.735. The van der Waals surface area contributed by atoms with Crippen molar-refractivity contribution in [2.75, 3.05) is 20.1 Å². The maximum Gasteiger partial charge on any atom is 0.0945 e. The van der Waals surface area contributed by atoms with Gasteiger partial charge in [-0.25, -0.2) is 4.98 Å². The van der Waals surface area contributed by atoms with Gasteiger partial charge < -0.3 is 14.8 Å². The van der Waals surface area contributed by atoms with Crippen LogP contribution < -0.4 is 5.32 Å². The molecule has 0 amide bonds. The fourth-order valence-electron chi connectivity index (χ4n) is 4.88. The molecule has 3 heterocycles. The summed E-state index contributed by atoms with van der Waals surface area (Å²) in [7, 11) is 2.29. The summed E-state index contributed by atoms with van der Waals surface area (Å²) in [5, 5.41) is 3.57. The normalized spacial score (nSPS) is 25.1. The average molecular weight is 399 g/mol. The zero-order chi connectivity index (χ0) is 20.2. The Morgan fingerprint density at radius 1 is 0.966 bits per heavy atom. The van der Waals surface area contributed by atoms with Crippen LogP contribution in [-0.2, 0) is 6.54 Å². The fraction of sp³-hybridized carbons (Fsp3) is 0.720. The van der Waals surface area contributed by atoms with Crippen molar-refractivity contribution in [2.24, 2.45) is 5.92 Å². The molecule has 1 aromatic heterocycles. The molecule has 1 aliphatic carbocycles. The van der Waals surface area contributed by atoms with Crippen LogP contribution in [0.5, 0.6) is 0 Å². The van der Waals surface area contributed by atoms with E-state index in [0.29, 0.717) is 0 Å². The lowest BCUT2D eigenvalue weighted by molar-refractivity contribution is 0.172. The van der Waals surface area contributed by atoms with Gasteiger partial charge in [-0.1, -0.05) is 43.6 Å². The molecular weight excluding hydrogens is 356 g/mol. The van der Waals surface area contributed by atoms with E-state index in [4.69, 9.17) is 0 Å². The average Bonchev–Trinajstić information content (AvgIpc) is 3.45. The molecule has 2 fully saturated rings. The van der Waals surface area contributed by atoms with Crippen molar-refractivity contribution in [2.45, 2.75) is 89.3 Å². The molecule has 0 spiro atoms. The standard InChI is InChI=1S/C14H23N.C11H19N3/c1-15-12-5-4-10-14(15)11-6-9-13-7-2-3-8-13;1-2-6-13-11(4-1)5-3-8-14-9-7-12-10-14/h2-3,7-8,13-14H,4-6,9-12H2,1H3;7,9-11,13H,1-6,8H2. The first kappa shape index (κ1) is 22.3. The van der Waals surface area contributed by atoms with E-state index in [1.165, 1.54) is 83.7 Å². The predicted octanol–water partition coefficient (Wildman–Crippen LogP) is 5.19. The zero-order valence-corrected chi connectivity index (χ0v) is 18.5. The number of nitrogens with one attached hydrogen (secondary N) is 1. The van der Waals surface area contributed by atoms with Crippen LogP contribution in [0.4, 0.5) is 0 Å². The van der Waals surface area contributed by atoms with Crippen LogP contribution in [0.25, 0.3) is 0 Å². The number of allylic oxidation sites excluding steroid dienone is 4. The van der Waals surface area contributed by atoms with Gasteiger partial charge in [-0.2, -0.15) is 0 Å². The first-order valence-electron chi connectivity index (χ1n) is 12.1. The summed E-state index contributed by atoms with van der Waals surface area (Å²) in [6.45, 7) is 3.64. The molecule has 4 nitrogen and oxygen atoms in total. The van der Waals surface area contributed by atoms with Gasteiger partial charge in [0, 0.05) is 31.0 Å². The van der Waals surface area contributed by atoms with Crippen molar-refractivity contribution in [1.82, 2.24) is 19.8 Å². The molecule has 2 aliphatic heterocycles. The van der Waals surface area contributed by atoms with Crippen LogP contribution in [0.3, 0.4) is 0 Å². The maximum absolute atomic E-state index is 4.03. The second kappa shape index (κ2) is 13.0. The molecule has 162 valence electrons. The number of hydrogen-bond donors (Lipinski definition) is 1. The number of rotatable bonds is 8. The highest BCUT2D eigenvalue weighted by molar-refractivity contribution is 5.17. The third-order valence-corrected chi connectivity index (χ3v) is 6.76. The third-order valence-electron chi connectivity index (χ3n) is 6.76. The Morgan fingerprint density at radius 3 is 2.55 bits per heavy atom. The van der Waals surface area contributed by atoms with E-state index >= 15 is 0 Å². The fourth-order valence-corrected chi connectivity index (χ4v) is 4.88. The van der Waals surface area contributed by atoms with E-state index < -0.39 is 0 Å². The van der Waals surface area contributed by atoms with Crippen molar-refractivity contribution >= 4 is 0 Å². The first-order valence-corrected chi connectivity index (χ1v) is 12.1. The van der Waals surface area contributed by atoms with Gasteiger partial charge in [-0.15, -0.1) is 0 Å². The molecule has 0 bridgehead atoms. The number of imidazole rings is 1. The molecule has 4 rings (SSSR count). The highest BCUT2D eigenvalue weighted by atomic mass is 15.1. The Balaban J connectivity index is 0.000000166. The molecule has 1 N–H and O–H groups in total. The van der Waals surface area contributed by atoms with Crippen LogP contribution in [0.1, 0.15) is 70.6 Å². The van der Waals surface area contributed by atoms with E-state index in [0.717, 1.165) is 24.5 Å². The minimum absolute atomic E-state index is 0.735. The van der Waals surface area contributed by atoms with Gasteiger partial charge in [0.1, 0.15) is 0 Å². The number of aryl methyl sites for hydroxylation is 1. The number of aromatic nitrogens is 2. The molecule has 0 saturated carbocycles. The van der Waals surface area contributed by atoms with Gasteiger partial charge in [0.2, 0.25) is 0 Å². The van der Waals surface area contributed by atoms with Crippen molar-refractivity contribution in [3.05, 3.63) is 43.0 Å². The Labute approximate surface area is 178 Å². The SMILES string of the molecule is CN1CCCCC1CCCC1C=CC=C1.c1cn(CCCC2CCCCN2)cn1. The Bertz CT molecular complexity index is 574. The predicted molar refractivity (Wildman–Crippen MR) is 123 cm³/mol. The second-order valence-electron chi connectivity index (χ2n) is 9.08. The molecular formula is C25H42N4. The van der Waals surface area contributed by atoms with Gasteiger partial charge in [0.05, 0.1) is 6.33 Å². The molecule has 2 atom stereocenters. The summed E-state index contributed by atoms with van der Waals surface area (Å²) in [6, 6.07) is 1.64. The largest absolute Gasteiger partial charge is 0.337 e. The summed E-state index contributed by atoms with van der Waals surface area (Å²) in [5.74, 6) is 0.735. The van der Waals surface area contributed by atoms with Crippen molar-refractivity contribution in [1.29, 1.82) is 0 Å². The van der Waals surface area contributed by atoms with E-state index in [1.54, 1.807) is 0 Å². The van der Waals surface area contributed by atoms with Gasteiger partial charge in [0.15, 0.2) is 0 Å². The molecule has 2 saturated heterocycles. The van der Waals surface area contributed by atoms with E-state index in [2.05, 4.69) is 51.1 Å². The summed E-state index contributed by atoms with van der Waals surface area (Å²) >= 11 is 0. The second-order valence-corrected chi connectivity index (χ2v) is 9.08. The number of nitrogens with zero attached hydrogens (tertiary/aromatic N) is 3. The van der Waals surface area contributed by atoms with Crippen LogP contribution >= 0.6 is 0 Å². The van der Waals surface area contributed by atoms with Crippen LogP contribution in [0, 0.1) is 5.92 Å². The number of hydrogen-bond acceptors (Lipinski definition) is 3. The Hall–Kier alpha value is -1.39. The van der Waals surface area contributed by atoms with Gasteiger partial charge in [0.25, 0.3) is 0 Å². The van der Waals surface area contributed by atoms with Crippen LogP contribution in [-0.4, -0.2) is 46.7 Å². The highest BCUT2D eigenvalue weighted by Gasteiger charge is 2.18. The molecule has 2 unspecified atom stereocenters. The maximum atomic E-state index is 4.03. The molecule has 29 heavy (non-hydrogen) atoms. The van der Waals surface area contributed by atoms with E-state index in [1.807, 2.05) is 18.7 Å².